The van der Waals surface area contributed by atoms with E-state index in [-0.39, 0.29) is 0 Å². The highest BCUT2D eigenvalue weighted by atomic mass is 19.4. The molecule has 0 saturated carbocycles. The van der Waals surface area contributed by atoms with E-state index in [9.17, 15) is 116 Å². The quantitative estimate of drug-likeness (QED) is 0.0525. The number of rotatable bonds is 25. The third kappa shape index (κ3) is 11.4. The van der Waals surface area contributed by atoms with Gasteiger partial charge in [-0.15, -0.1) is 0 Å². The van der Waals surface area contributed by atoms with Gasteiger partial charge in [-0.25, -0.2) is 8.78 Å². The number of aliphatic hydroxyl groups is 1. The van der Waals surface area contributed by atoms with Crippen molar-refractivity contribution in [3.05, 3.63) is 0 Å². The van der Waals surface area contributed by atoms with Crippen molar-refractivity contribution in [3.8, 4) is 0 Å². The molecule has 0 radical (unpaired) electrons. The van der Waals surface area contributed by atoms with E-state index in [0.29, 0.717) is 6.92 Å². The van der Waals surface area contributed by atoms with Gasteiger partial charge in [0.15, 0.2) is 6.61 Å². The molecule has 0 aliphatic carbocycles. The summed E-state index contributed by atoms with van der Waals surface area (Å²) in [6.07, 6.45) is -20.2. The number of hydrogen-bond donors (Lipinski definition) is 2. The van der Waals surface area contributed by atoms with E-state index in [0.717, 1.165) is 13.8 Å². The number of esters is 3. The highest BCUT2D eigenvalue weighted by Gasteiger charge is 2.88. The van der Waals surface area contributed by atoms with Crippen LogP contribution in [0.1, 0.15) is 52.9 Å². The normalized spacial score (nSPS) is 16.8. The Balaban J connectivity index is 6.73. The summed E-state index contributed by atoms with van der Waals surface area (Å²) in [6, 6.07) is 0. The smallest absolute Gasteiger partial charge is 0.460 e. The van der Waals surface area contributed by atoms with Crippen molar-refractivity contribution < 1.29 is 136 Å². The minimum atomic E-state index is -8.04. The minimum absolute atomic E-state index is 0.647. The van der Waals surface area contributed by atoms with Crippen LogP contribution in [0.3, 0.4) is 0 Å². The first-order valence-electron chi connectivity index (χ1n) is 16.3. The van der Waals surface area contributed by atoms with Crippen molar-refractivity contribution in [1.82, 2.24) is 0 Å². The molecule has 0 rings (SSSR count). The van der Waals surface area contributed by atoms with E-state index in [2.05, 4.69) is 14.2 Å². The average Bonchev–Trinajstić information content (AvgIpc) is 3.10. The van der Waals surface area contributed by atoms with Crippen LogP contribution in [-0.2, 0) is 33.4 Å². The second kappa shape index (κ2) is 19.2. The number of carbonyl (C=O) groups excluding carboxylic acids is 3. The van der Waals surface area contributed by atoms with Crippen molar-refractivity contribution in [2.75, 3.05) is 26.4 Å². The third-order valence-electron chi connectivity index (χ3n) is 8.64. The summed E-state index contributed by atoms with van der Waals surface area (Å²) in [5.74, 6) is -72.7. The lowest BCUT2D eigenvalue weighted by molar-refractivity contribution is -0.414. The van der Waals surface area contributed by atoms with Crippen LogP contribution in [0.15, 0.2) is 0 Å². The van der Waals surface area contributed by atoms with Crippen molar-refractivity contribution in [1.29, 1.82) is 0 Å². The first-order chi connectivity index (χ1) is 26.5. The molecule has 0 aromatic rings. The molecular weight excluding hydrogens is 903 g/mol. The number of hydrogen-bond acceptors (Lipinski definition) is 8. The Morgan fingerprint density at radius 2 is 1.05 bits per heavy atom. The lowest BCUT2D eigenvalue weighted by Gasteiger charge is -2.39. The van der Waals surface area contributed by atoms with E-state index >= 15 is 0 Å². The summed E-state index contributed by atoms with van der Waals surface area (Å²) >= 11 is 0. The SMILES string of the molecule is CCC(CC(C)(CC(CC(C)C(=O)O)C(=O)OCC(F)(F)C(F)(F)C(F)(F)C(F)(F)C(F)(F)C(F)F)C(=O)OCCO)C(=O)OCCC(F)(F)C(F)(F)C(F)(F)C(F)(F)F. The molecule has 0 saturated heterocycles. The predicted octanol–water partition coefficient (Wildman–Crippen LogP) is 8.45. The molecule has 4 unspecified atom stereocenters. The number of alkyl halides is 21. The molecule has 354 valence electrons. The van der Waals surface area contributed by atoms with E-state index in [1.807, 2.05) is 0 Å². The van der Waals surface area contributed by atoms with Crippen LogP contribution in [0.2, 0.25) is 0 Å². The Bertz CT molecular complexity index is 1490. The van der Waals surface area contributed by atoms with E-state index < -0.39 is 166 Å². The maximum absolute atomic E-state index is 14.4. The molecule has 0 aromatic carbocycles. The lowest BCUT2D eigenvalue weighted by atomic mass is 9.72. The lowest BCUT2D eigenvalue weighted by Crippen LogP contribution is -2.69. The fourth-order valence-electron chi connectivity index (χ4n) is 4.94. The molecule has 0 bridgehead atoms. The molecule has 60 heavy (non-hydrogen) atoms. The zero-order valence-electron chi connectivity index (χ0n) is 30.4. The number of ether oxygens (including phenoxy) is 3. The Labute approximate surface area is 322 Å². The van der Waals surface area contributed by atoms with E-state index in [1.165, 1.54) is 0 Å². The van der Waals surface area contributed by atoms with Gasteiger partial charge in [-0.3, -0.25) is 19.2 Å². The number of halogens is 21. The van der Waals surface area contributed by atoms with Gasteiger partial charge in [-0.2, -0.15) is 83.4 Å². The predicted molar refractivity (Wildman–Crippen MR) is 152 cm³/mol. The van der Waals surface area contributed by atoms with Crippen molar-refractivity contribution in [3.63, 3.8) is 0 Å². The number of carboxylic acid groups (broad SMARTS) is 1. The summed E-state index contributed by atoms with van der Waals surface area (Å²) in [6.45, 7) is -5.08. The fourth-order valence-corrected chi connectivity index (χ4v) is 4.94. The molecule has 0 heterocycles. The van der Waals surface area contributed by atoms with Crippen molar-refractivity contribution in [2.45, 2.75) is 113 Å². The molecule has 9 nitrogen and oxygen atoms in total. The second-order valence-electron chi connectivity index (χ2n) is 13.3. The molecule has 0 aromatic heterocycles. The highest BCUT2D eigenvalue weighted by Crippen LogP contribution is 2.58. The van der Waals surface area contributed by atoms with Crippen LogP contribution in [0, 0.1) is 23.2 Å². The van der Waals surface area contributed by atoms with Crippen LogP contribution >= 0.6 is 0 Å². The summed E-state index contributed by atoms with van der Waals surface area (Å²) < 4.78 is 295. The van der Waals surface area contributed by atoms with Crippen LogP contribution in [0.5, 0.6) is 0 Å². The Morgan fingerprint density at radius 3 is 1.47 bits per heavy atom. The van der Waals surface area contributed by atoms with Crippen LogP contribution in [0.25, 0.3) is 0 Å². The largest absolute Gasteiger partial charge is 0.481 e. The standard InChI is InChI=1S/C30H33F21O9/c1-4-14(17(55)58-7-5-22(33,34)25(39,40)29(47,48)30(49,50)51)10-21(3,20(57)59-8-6-52)11-15(9-13(2)16(53)54)18(56)60-12-23(35,36)26(41,42)28(45,46)27(43,44)24(37,38)19(31)32/h13-15,19,52H,4-12H2,1-3H3,(H,53,54). The molecule has 30 heteroatoms. The zero-order chi connectivity index (χ0) is 48.1. The van der Waals surface area contributed by atoms with Crippen molar-refractivity contribution >= 4 is 23.9 Å². The number of aliphatic hydroxyl groups excluding tert-OH is 1. The van der Waals surface area contributed by atoms with Gasteiger partial charge in [0.05, 0.1) is 42.8 Å². The first kappa shape index (κ1) is 56.4. The van der Waals surface area contributed by atoms with Gasteiger partial charge in [-0.05, 0) is 32.6 Å². The first-order valence-corrected chi connectivity index (χ1v) is 16.3. The van der Waals surface area contributed by atoms with Gasteiger partial charge in [-0.1, -0.05) is 13.8 Å². The molecule has 0 aliphatic heterocycles. The Morgan fingerprint density at radius 1 is 0.600 bits per heavy atom. The zero-order valence-corrected chi connectivity index (χ0v) is 30.4. The summed E-state index contributed by atoms with van der Waals surface area (Å²) in [7, 11) is 0. The van der Waals surface area contributed by atoms with Gasteiger partial charge in [0, 0.05) is 0 Å². The van der Waals surface area contributed by atoms with Gasteiger partial charge in [0.2, 0.25) is 0 Å². The van der Waals surface area contributed by atoms with E-state index in [1.54, 1.807) is 0 Å². The summed E-state index contributed by atoms with van der Waals surface area (Å²) in [5.41, 5.74) is -2.61. The number of carbonyl (C=O) groups is 4. The van der Waals surface area contributed by atoms with Gasteiger partial charge >= 0.3 is 83.9 Å². The Hall–Kier alpha value is -3.63. The van der Waals surface area contributed by atoms with Gasteiger partial charge in [0.25, 0.3) is 0 Å². The molecule has 0 aliphatic rings. The van der Waals surface area contributed by atoms with E-state index in [4.69, 9.17) is 5.11 Å². The minimum Gasteiger partial charge on any atom is -0.481 e. The fraction of sp³-hybridized carbons (Fsp3) is 0.867. The topological polar surface area (TPSA) is 136 Å². The third-order valence-corrected chi connectivity index (χ3v) is 8.64. The highest BCUT2D eigenvalue weighted by molar-refractivity contribution is 5.81. The maximum Gasteiger partial charge on any atom is 0.460 e. The average molecular weight is 937 g/mol. The van der Waals surface area contributed by atoms with Crippen LogP contribution < -0.4 is 0 Å². The van der Waals surface area contributed by atoms with Crippen LogP contribution in [-0.4, -0.2) is 120 Å². The molecule has 0 amide bonds. The summed E-state index contributed by atoms with van der Waals surface area (Å²) in [4.78, 5) is 50.3. The van der Waals surface area contributed by atoms with Gasteiger partial charge in [0.1, 0.15) is 6.61 Å². The Kier molecular flexibility index (Phi) is 18.0. The van der Waals surface area contributed by atoms with Crippen LogP contribution in [0.4, 0.5) is 92.2 Å². The molecule has 2 N–H and O–H groups in total. The van der Waals surface area contributed by atoms with Crippen molar-refractivity contribution in [2.24, 2.45) is 23.2 Å². The summed E-state index contributed by atoms with van der Waals surface area (Å²) in [5, 5.41) is 18.3. The molecule has 0 fully saturated rings. The second-order valence-corrected chi connectivity index (χ2v) is 13.3. The molecule has 4 atom stereocenters. The number of aliphatic carboxylic acids is 1. The van der Waals surface area contributed by atoms with Gasteiger partial charge < -0.3 is 24.4 Å². The molecular formula is C30H33F21O9. The monoisotopic (exact) mass is 936 g/mol. The number of carboxylic acids is 1. The maximum atomic E-state index is 14.4. The molecule has 0 spiro atoms.